The van der Waals surface area contributed by atoms with Crippen LogP contribution >= 0.6 is 11.6 Å². The van der Waals surface area contributed by atoms with E-state index in [0.717, 1.165) is 22.5 Å². The number of urea groups is 1. The number of benzene rings is 3. The first-order valence-corrected chi connectivity index (χ1v) is 11.2. The maximum atomic E-state index is 13.8. The molecule has 3 aromatic carbocycles. The molecule has 7 heteroatoms. The number of esters is 1. The number of ether oxygens (including phenoxy) is 1. The Morgan fingerprint density at radius 1 is 0.971 bits per heavy atom. The Kier molecular flexibility index (Phi) is 5.82. The van der Waals surface area contributed by atoms with Crippen LogP contribution in [0, 0.1) is 0 Å². The van der Waals surface area contributed by atoms with Crippen molar-refractivity contribution in [1.82, 2.24) is 9.47 Å². The number of nitrogens with zero attached hydrogens (tertiary/aromatic N) is 2. The predicted molar refractivity (Wildman–Crippen MR) is 131 cm³/mol. The Balaban J connectivity index is 1.62. The minimum atomic E-state index is -0.554. The normalized spacial score (nSPS) is 14.5. The summed E-state index contributed by atoms with van der Waals surface area (Å²) in [6, 6.07) is 25.9. The number of aromatic nitrogens is 1. The van der Waals surface area contributed by atoms with Crippen LogP contribution < -0.4 is 5.32 Å². The molecule has 0 fully saturated rings. The molecule has 0 radical (unpaired) electrons. The van der Waals surface area contributed by atoms with E-state index < -0.39 is 5.97 Å². The third-order valence-corrected chi connectivity index (χ3v) is 6.20. The Hall–Kier alpha value is -4.03. The molecule has 0 unspecified atom stereocenters. The third-order valence-electron chi connectivity index (χ3n) is 5.97. The van der Waals surface area contributed by atoms with Crippen molar-refractivity contribution in [3.05, 3.63) is 119 Å². The van der Waals surface area contributed by atoms with Gasteiger partial charge in [0.2, 0.25) is 0 Å². The van der Waals surface area contributed by atoms with Gasteiger partial charge in [0.15, 0.2) is 0 Å². The molecule has 0 saturated carbocycles. The van der Waals surface area contributed by atoms with Gasteiger partial charge < -0.3 is 19.5 Å². The molecule has 0 saturated heterocycles. The maximum absolute atomic E-state index is 13.8. The maximum Gasteiger partial charge on any atom is 0.339 e. The topological polar surface area (TPSA) is 63.6 Å². The van der Waals surface area contributed by atoms with Crippen LogP contribution in [0.1, 0.15) is 33.2 Å². The summed E-state index contributed by atoms with van der Waals surface area (Å²) in [6.07, 6.45) is 2.01. The zero-order valence-corrected chi connectivity index (χ0v) is 19.2. The van der Waals surface area contributed by atoms with Gasteiger partial charge in [-0.15, -0.1) is 0 Å². The number of halogens is 1. The first-order chi connectivity index (χ1) is 16.6. The van der Waals surface area contributed by atoms with E-state index in [9.17, 15) is 9.59 Å². The smallest absolute Gasteiger partial charge is 0.339 e. The molecular formula is C27H22ClN3O3. The SMILES string of the molecule is COC(=O)c1ccc(Cl)cc1NC(=O)N1Cc2ccccc2-n2cccc2[C@@H]1c1ccccc1. The largest absolute Gasteiger partial charge is 0.465 e. The number of hydrogen-bond donors (Lipinski definition) is 1. The summed E-state index contributed by atoms with van der Waals surface area (Å²) >= 11 is 6.18. The van der Waals surface area contributed by atoms with Crippen molar-refractivity contribution in [1.29, 1.82) is 0 Å². The molecule has 4 aromatic rings. The summed E-state index contributed by atoms with van der Waals surface area (Å²) in [5.41, 5.74) is 4.50. The molecule has 5 rings (SSSR count). The Morgan fingerprint density at radius 2 is 1.74 bits per heavy atom. The van der Waals surface area contributed by atoms with Gasteiger partial charge in [-0.3, -0.25) is 0 Å². The summed E-state index contributed by atoms with van der Waals surface area (Å²) in [6.45, 7) is 0.372. The van der Waals surface area contributed by atoms with Crippen LogP contribution in [0.15, 0.2) is 91.1 Å². The molecule has 0 spiro atoms. The molecule has 0 aliphatic carbocycles. The lowest BCUT2D eigenvalue weighted by atomic mass is 10.0. The van der Waals surface area contributed by atoms with E-state index >= 15 is 0 Å². The van der Waals surface area contributed by atoms with Gasteiger partial charge in [0, 0.05) is 16.9 Å². The molecular weight excluding hydrogens is 450 g/mol. The summed E-state index contributed by atoms with van der Waals surface area (Å²) in [5, 5.41) is 3.31. The second-order valence-corrected chi connectivity index (χ2v) is 8.42. The van der Waals surface area contributed by atoms with Crippen molar-refractivity contribution < 1.29 is 14.3 Å². The van der Waals surface area contributed by atoms with Crippen LogP contribution in [-0.4, -0.2) is 28.6 Å². The van der Waals surface area contributed by atoms with Gasteiger partial charge in [-0.1, -0.05) is 60.1 Å². The third kappa shape index (κ3) is 3.93. The highest BCUT2D eigenvalue weighted by molar-refractivity contribution is 6.31. The van der Waals surface area contributed by atoms with Crippen LogP contribution in [0.3, 0.4) is 0 Å². The fourth-order valence-electron chi connectivity index (χ4n) is 4.42. The minimum Gasteiger partial charge on any atom is -0.465 e. The molecule has 0 bridgehead atoms. The van der Waals surface area contributed by atoms with E-state index in [2.05, 4.69) is 16.0 Å². The van der Waals surface area contributed by atoms with E-state index in [0.29, 0.717) is 17.3 Å². The molecule has 6 nitrogen and oxygen atoms in total. The Morgan fingerprint density at radius 3 is 2.53 bits per heavy atom. The zero-order chi connectivity index (χ0) is 23.7. The van der Waals surface area contributed by atoms with Crippen molar-refractivity contribution in [3.8, 4) is 5.69 Å². The Labute approximate surface area is 202 Å². The van der Waals surface area contributed by atoms with Gasteiger partial charge in [0.25, 0.3) is 0 Å². The minimum absolute atomic E-state index is 0.232. The number of para-hydroxylation sites is 1. The van der Waals surface area contributed by atoms with E-state index in [4.69, 9.17) is 16.3 Å². The average molecular weight is 472 g/mol. The number of nitrogens with one attached hydrogen (secondary N) is 1. The summed E-state index contributed by atoms with van der Waals surface area (Å²) in [7, 11) is 1.30. The van der Waals surface area contributed by atoms with E-state index in [1.54, 1.807) is 23.1 Å². The van der Waals surface area contributed by atoms with Crippen LogP contribution in [0.25, 0.3) is 5.69 Å². The molecule has 2 amide bonds. The number of fused-ring (bicyclic) bond motifs is 3. The average Bonchev–Trinajstić information content (AvgIpc) is 3.28. The standard InChI is InChI=1S/C27H22ClN3O3/c1-34-26(32)21-14-13-20(28)16-22(21)29-27(33)31-17-19-10-5-6-11-23(19)30-15-7-12-24(30)25(31)18-8-3-2-4-9-18/h2-16,25H,17H2,1H3,(H,29,33)/t25-/m0/s1. The number of hydrogen-bond acceptors (Lipinski definition) is 3. The van der Waals surface area contributed by atoms with Crippen molar-refractivity contribution in [2.24, 2.45) is 0 Å². The second kappa shape index (κ2) is 9.08. The highest BCUT2D eigenvalue weighted by Crippen LogP contribution is 2.37. The summed E-state index contributed by atoms with van der Waals surface area (Å²) in [4.78, 5) is 27.9. The number of amides is 2. The molecule has 170 valence electrons. The Bertz CT molecular complexity index is 1370. The number of methoxy groups -OCH3 is 1. The predicted octanol–water partition coefficient (Wildman–Crippen LogP) is 6.05. The van der Waals surface area contributed by atoms with Gasteiger partial charge >= 0.3 is 12.0 Å². The van der Waals surface area contributed by atoms with Crippen molar-refractivity contribution in [2.75, 3.05) is 12.4 Å². The number of anilines is 1. The van der Waals surface area contributed by atoms with Gasteiger partial charge in [0.05, 0.1) is 36.6 Å². The lowest BCUT2D eigenvalue weighted by molar-refractivity contribution is 0.0602. The number of carbonyl (C=O) groups is 2. The lowest BCUT2D eigenvalue weighted by Crippen LogP contribution is -2.38. The molecule has 1 aliphatic heterocycles. The van der Waals surface area contributed by atoms with Gasteiger partial charge in [0.1, 0.15) is 0 Å². The highest BCUT2D eigenvalue weighted by Gasteiger charge is 2.33. The van der Waals surface area contributed by atoms with E-state index in [1.807, 2.05) is 66.9 Å². The van der Waals surface area contributed by atoms with E-state index in [1.165, 1.54) is 7.11 Å². The summed E-state index contributed by atoms with van der Waals surface area (Å²) < 4.78 is 7.01. The molecule has 1 aromatic heterocycles. The van der Waals surface area contributed by atoms with Crippen LogP contribution in [-0.2, 0) is 11.3 Å². The highest BCUT2D eigenvalue weighted by atomic mass is 35.5. The van der Waals surface area contributed by atoms with Gasteiger partial charge in [-0.2, -0.15) is 0 Å². The quantitative estimate of drug-likeness (QED) is 0.370. The molecule has 1 aliphatic rings. The summed E-state index contributed by atoms with van der Waals surface area (Å²) in [5.74, 6) is -0.554. The molecule has 34 heavy (non-hydrogen) atoms. The van der Waals surface area contributed by atoms with E-state index in [-0.39, 0.29) is 17.6 Å². The van der Waals surface area contributed by atoms with Gasteiger partial charge in [-0.05, 0) is 47.5 Å². The monoisotopic (exact) mass is 471 g/mol. The number of rotatable bonds is 3. The fraction of sp³-hybridized carbons (Fsp3) is 0.111. The van der Waals surface area contributed by atoms with Crippen LogP contribution in [0.2, 0.25) is 5.02 Å². The van der Waals surface area contributed by atoms with Crippen molar-refractivity contribution >= 4 is 29.3 Å². The first kappa shape index (κ1) is 21.8. The lowest BCUT2D eigenvalue weighted by Gasteiger charge is -2.31. The molecule has 1 N–H and O–H groups in total. The first-order valence-electron chi connectivity index (χ1n) is 10.8. The van der Waals surface area contributed by atoms with Crippen LogP contribution in [0.4, 0.5) is 10.5 Å². The van der Waals surface area contributed by atoms with Crippen molar-refractivity contribution in [2.45, 2.75) is 12.6 Å². The fourth-order valence-corrected chi connectivity index (χ4v) is 4.59. The second-order valence-electron chi connectivity index (χ2n) is 7.98. The van der Waals surface area contributed by atoms with Crippen LogP contribution in [0.5, 0.6) is 0 Å². The molecule has 2 heterocycles. The molecule has 1 atom stereocenters. The zero-order valence-electron chi connectivity index (χ0n) is 18.4. The van der Waals surface area contributed by atoms with Gasteiger partial charge in [-0.25, -0.2) is 9.59 Å². The number of carbonyl (C=O) groups excluding carboxylic acids is 2. The van der Waals surface area contributed by atoms with Crippen molar-refractivity contribution in [3.63, 3.8) is 0 Å².